The molecule has 0 spiro atoms. The highest BCUT2D eigenvalue weighted by molar-refractivity contribution is 7.89. The van der Waals surface area contributed by atoms with E-state index in [0.717, 1.165) is 25.7 Å². The number of sulfonamides is 1. The van der Waals surface area contributed by atoms with Crippen molar-refractivity contribution in [3.63, 3.8) is 0 Å². The molecule has 1 aliphatic heterocycles. The van der Waals surface area contributed by atoms with E-state index in [1.165, 1.54) is 0 Å². The number of nitrogens with zero attached hydrogens (tertiary/aromatic N) is 2. The van der Waals surface area contributed by atoms with E-state index in [9.17, 15) is 13.2 Å². The Morgan fingerprint density at radius 3 is 2.29 bits per heavy atom. The summed E-state index contributed by atoms with van der Waals surface area (Å²) in [6.45, 7) is 7.76. The fourth-order valence-electron chi connectivity index (χ4n) is 3.30. The van der Waals surface area contributed by atoms with Crippen molar-refractivity contribution >= 4 is 15.9 Å². The third kappa shape index (κ3) is 3.81. The van der Waals surface area contributed by atoms with Gasteiger partial charge in [-0.25, -0.2) is 8.42 Å². The lowest BCUT2D eigenvalue weighted by Gasteiger charge is -2.34. The van der Waals surface area contributed by atoms with Crippen molar-refractivity contribution in [3.8, 4) is 0 Å². The molecule has 0 N–H and O–H groups in total. The van der Waals surface area contributed by atoms with Crippen LogP contribution in [0.3, 0.4) is 0 Å². The highest BCUT2D eigenvalue weighted by atomic mass is 32.2. The topological polar surface area (TPSA) is 57.7 Å². The second-order valence-corrected chi connectivity index (χ2v) is 8.07. The first-order valence-electron chi connectivity index (χ1n) is 8.86. The molecule has 1 aromatic carbocycles. The zero-order valence-corrected chi connectivity index (χ0v) is 15.7. The van der Waals surface area contributed by atoms with Gasteiger partial charge in [0.25, 0.3) is 5.91 Å². The second-order valence-electron chi connectivity index (χ2n) is 6.18. The summed E-state index contributed by atoms with van der Waals surface area (Å²) in [7, 11) is -3.49. The summed E-state index contributed by atoms with van der Waals surface area (Å²) in [5.74, 6) is -0.0617. The van der Waals surface area contributed by atoms with Gasteiger partial charge in [-0.3, -0.25) is 4.79 Å². The predicted molar refractivity (Wildman–Crippen MR) is 95.5 cm³/mol. The van der Waals surface area contributed by atoms with Crippen LogP contribution in [-0.2, 0) is 10.0 Å². The summed E-state index contributed by atoms with van der Waals surface area (Å²) < 4.78 is 27.5. The lowest BCUT2D eigenvalue weighted by Crippen LogP contribution is -2.43. The van der Waals surface area contributed by atoms with Gasteiger partial charge in [0.1, 0.15) is 0 Å². The molecule has 1 amide bonds. The summed E-state index contributed by atoms with van der Waals surface area (Å²) in [6.07, 6.45) is 3.75. The molecule has 6 heteroatoms. The lowest BCUT2D eigenvalue weighted by atomic mass is 10.0. The number of piperidine rings is 1. The highest BCUT2D eigenvalue weighted by Crippen LogP contribution is 2.27. The molecule has 1 heterocycles. The predicted octanol–water partition coefficient (Wildman–Crippen LogP) is 3.12. The molecule has 2 rings (SSSR count). The molecular weight excluding hydrogens is 324 g/mol. The molecule has 1 unspecified atom stereocenters. The molecule has 1 atom stereocenters. The monoisotopic (exact) mass is 352 g/mol. The van der Waals surface area contributed by atoms with E-state index in [-0.39, 0.29) is 16.8 Å². The van der Waals surface area contributed by atoms with Gasteiger partial charge >= 0.3 is 0 Å². The quantitative estimate of drug-likeness (QED) is 0.790. The maximum absolute atomic E-state index is 12.9. The number of rotatable bonds is 6. The number of carbonyl (C=O) groups is 1. The van der Waals surface area contributed by atoms with Crippen molar-refractivity contribution in [2.75, 3.05) is 19.6 Å². The molecule has 0 aromatic heterocycles. The Labute approximate surface area is 145 Å². The number of hydrogen-bond acceptors (Lipinski definition) is 3. The number of carbonyl (C=O) groups excluding carboxylic acids is 1. The fourth-order valence-corrected chi connectivity index (χ4v) is 5.06. The molecule has 1 saturated heterocycles. The molecule has 5 nitrogen and oxygen atoms in total. The van der Waals surface area contributed by atoms with Crippen LogP contribution in [0.4, 0.5) is 0 Å². The zero-order chi connectivity index (χ0) is 17.7. The third-order valence-electron chi connectivity index (χ3n) is 4.80. The van der Waals surface area contributed by atoms with E-state index < -0.39 is 10.0 Å². The molecule has 1 fully saturated rings. The van der Waals surface area contributed by atoms with Crippen LogP contribution in [0.15, 0.2) is 29.2 Å². The van der Waals surface area contributed by atoms with Crippen LogP contribution in [-0.4, -0.2) is 49.2 Å². The van der Waals surface area contributed by atoms with Crippen LogP contribution in [0.5, 0.6) is 0 Å². The Morgan fingerprint density at radius 1 is 1.12 bits per heavy atom. The van der Waals surface area contributed by atoms with Gasteiger partial charge < -0.3 is 4.90 Å². The van der Waals surface area contributed by atoms with Crippen LogP contribution in [0.1, 0.15) is 56.8 Å². The molecule has 0 saturated carbocycles. The third-order valence-corrected chi connectivity index (χ3v) is 6.77. The summed E-state index contributed by atoms with van der Waals surface area (Å²) in [6, 6.07) is 6.46. The Morgan fingerprint density at radius 2 is 1.75 bits per heavy atom. The van der Waals surface area contributed by atoms with Crippen LogP contribution in [0.2, 0.25) is 0 Å². The van der Waals surface area contributed by atoms with Crippen molar-refractivity contribution in [1.82, 2.24) is 9.21 Å². The summed E-state index contributed by atoms with van der Waals surface area (Å²) >= 11 is 0. The molecule has 0 aliphatic carbocycles. The normalized spacial score (nSPS) is 19.2. The average Bonchev–Trinajstić information content (AvgIpc) is 2.62. The summed E-state index contributed by atoms with van der Waals surface area (Å²) in [5, 5.41) is 0. The van der Waals surface area contributed by atoms with Gasteiger partial charge in [-0.15, -0.1) is 0 Å². The van der Waals surface area contributed by atoms with Gasteiger partial charge in [-0.2, -0.15) is 4.31 Å². The Kier molecular flexibility index (Phi) is 6.40. The first-order chi connectivity index (χ1) is 11.5. The number of benzene rings is 1. The van der Waals surface area contributed by atoms with Gasteiger partial charge in [0.05, 0.1) is 4.90 Å². The van der Waals surface area contributed by atoms with E-state index in [4.69, 9.17) is 0 Å². The SMILES string of the molecule is CCC1CCCCN1S(=O)(=O)c1ccc(C(=O)N(CC)CC)cc1. The van der Waals surface area contributed by atoms with Crippen molar-refractivity contribution in [2.24, 2.45) is 0 Å². The van der Waals surface area contributed by atoms with Crippen LogP contribution >= 0.6 is 0 Å². The van der Waals surface area contributed by atoms with E-state index in [0.29, 0.717) is 25.2 Å². The van der Waals surface area contributed by atoms with Crippen molar-refractivity contribution in [3.05, 3.63) is 29.8 Å². The first kappa shape index (κ1) is 18.9. The zero-order valence-electron chi connectivity index (χ0n) is 14.9. The standard InChI is InChI=1S/C18H28N2O3S/c1-4-16-9-7-8-14-20(16)24(22,23)17-12-10-15(11-13-17)18(21)19(5-2)6-3/h10-13,16H,4-9,14H2,1-3H3. The molecule has 0 radical (unpaired) electrons. The Bertz CT molecular complexity index is 651. The molecule has 1 aromatic rings. The van der Waals surface area contributed by atoms with Gasteiger partial charge in [0.2, 0.25) is 10.0 Å². The maximum atomic E-state index is 12.9. The van der Waals surface area contributed by atoms with E-state index in [2.05, 4.69) is 0 Å². The van der Waals surface area contributed by atoms with E-state index in [1.807, 2.05) is 20.8 Å². The first-order valence-corrected chi connectivity index (χ1v) is 10.3. The van der Waals surface area contributed by atoms with Gasteiger partial charge in [0, 0.05) is 31.2 Å². The van der Waals surface area contributed by atoms with Crippen molar-refractivity contribution in [2.45, 2.75) is 57.4 Å². The highest BCUT2D eigenvalue weighted by Gasteiger charge is 2.32. The van der Waals surface area contributed by atoms with Crippen LogP contribution in [0, 0.1) is 0 Å². The number of amides is 1. The molecule has 24 heavy (non-hydrogen) atoms. The summed E-state index contributed by atoms with van der Waals surface area (Å²) in [4.78, 5) is 14.3. The summed E-state index contributed by atoms with van der Waals surface area (Å²) in [5.41, 5.74) is 0.531. The minimum absolute atomic E-state index is 0.0617. The molecule has 0 bridgehead atoms. The second kappa shape index (κ2) is 8.12. The Hall–Kier alpha value is -1.40. The lowest BCUT2D eigenvalue weighted by molar-refractivity contribution is 0.0773. The molecule has 134 valence electrons. The molecule has 1 aliphatic rings. The van der Waals surface area contributed by atoms with E-state index in [1.54, 1.807) is 33.5 Å². The average molecular weight is 353 g/mol. The van der Waals surface area contributed by atoms with Crippen molar-refractivity contribution in [1.29, 1.82) is 0 Å². The molecular formula is C18H28N2O3S. The van der Waals surface area contributed by atoms with Crippen molar-refractivity contribution < 1.29 is 13.2 Å². The van der Waals surface area contributed by atoms with Crippen LogP contribution in [0.25, 0.3) is 0 Å². The minimum atomic E-state index is -3.49. The smallest absolute Gasteiger partial charge is 0.253 e. The van der Waals surface area contributed by atoms with Gasteiger partial charge in [-0.1, -0.05) is 13.3 Å². The number of hydrogen-bond donors (Lipinski definition) is 0. The Balaban J connectivity index is 2.24. The maximum Gasteiger partial charge on any atom is 0.253 e. The van der Waals surface area contributed by atoms with Gasteiger partial charge in [0.15, 0.2) is 0 Å². The van der Waals surface area contributed by atoms with E-state index >= 15 is 0 Å². The van der Waals surface area contributed by atoms with Crippen LogP contribution < -0.4 is 0 Å². The van der Waals surface area contributed by atoms with Gasteiger partial charge in [-0.05, 0) is 57.4 Å². The largest absolute Gasteiger partial charge is 0.339 e. The minimum Gasteiger partial charge on any atom is -0.339 e. The fraction of sp³-hybridized carbons (Fsp3) is 0.611.